The van der Waals surface area contributed by atoms with E-state index in [4.69, 9.17) is 4.74 Å². The van der Waals surface area contributed by atoms with Gasteiger partial charge in [0.05, 0.1) is 7.11 Å². The molecular weight excluding hydrogens is 319 g/mol. The van der Waals surface area contributed by atoms with Gasteiger partial charge in [0.2, 0.25) is 11.8 Å². The third kappa shape index (κ3) is 3.55. The molecule has 0 aliphatic heterocycles. The van der Waals surface area contributed by atoms with Crippen molar-refractivity contribution in [3.63, 3.8) is 0 Å². The molecule has 1 fully saturated rings. The van der Waals surface area contributed by atoms with Gasteiger partial charge in [0.1, 0.15) is 0 Å². The number of rotatable bonds is 5. The molecule has 1 aromatic heterocycles. The van der Waals surface area contributed by atoms with Gasteiger partial charge in [-0.05, 0) is 42.5 Å². The minimum Gasteiger partial charge on any atom is -0.550 e. The standard InChI is InChI=1S/C17H18N2O4.Na/c1-23-15-13-4-3-12(9-11(13)5-8-18-15)19-14(20)10-17(16(21)22)6-2-7-17;/h3-5,8-9H,2,6-7,10H2,1H3,(H,19,20)(H,21,22);/q;+1/p-1. The molecular formula is C17H17N2NaO4. The fraction of sp³-hybridized carbons (Fsp3) is 0.353. The molecule has 0 atom stereocenters. The van der Waals surface area contributed by atoms with Gasteiger partial charge in [-0.1, -0.05) is 6.42 Å². The second-order valence-electron chi connectivity index (χ2n) is 5.90. The van der Waals surface area contributed by atoms with Crippen molar-refractivity contribution in [2.24, 2.45) is 5.41 Å². The topological polar surface area (TPSA) is 91.3 Å². The Hall–Kier alpha value is -1.63. The SMILES string of the molecule is COc1nccc2cc(NC(=O)CC3(C(=O)[O-])CCC3)ccc12.[Na+]. The number of carboxylic acid groups (broad SMARTS) is 1. The number of anilines is 1. The average molecular weight is 336 g/mol. The number of carbonyl (C=O) groups excluding carboxylic acids is 2. The number of carbonyl (C=O) groups is 2. The predicted molar refractivity (Wildman–Crippen MR) is 82.8 cm³/mol. The summed E-state index contributed by atoms with van der Waals surface area (Å²) in [7, 11) is 1.55. The molecule has 1 aliphatic rings. The van der Waals surface area contributed by atoms with Crippen LogP contribution in [0, 0.1) is 5.41 Å². The number of methoxy groups -OCH3 is 1. The predicted octanol–water partition coefficient (Wildman–Crippen LogP) is -1.50. The van der Waals surface area contributed by atoms with Gasteiger partial charge in [-0.25, -0.2) is 4.98 Å². The van der Waals surface area contributed by atoms with Crippen molar-refractivity contribution < 1.29 is 49.0 Å². The third-order valence-electron chi connectivity index (χ3n) is 4.45. The molecule has 1 aromatic carbocycles. The van der Waals surface area contributed by atoms with Crippen molar-refractivity contribution in [1.29, 1.82) is 0 Å². The number of hydrogen-bond acceptors (Lipinski definition) is 5. The van der Waals surface area contributed by atoms with Crippen molar-refractivity contribution in [1.82, 2.24) is 4.98 Å². The maximum absolute atomic E-state index is 12.1. The van der Waals surface area contributed by atoms with Gasteiger partial charge in [-0.2, -0.15) is 0 Å². The van der Waals surface area contributed by atoms with Gasteiger partial charge in [0.25, 0.3) is 0 Å². The van der Waals surface area contributed by atoms with Crippen LogP contribution in [0.2, 0.25) is 0 Å². The number of aromatic nitrogens is 1. The number of hydrogen-bond donors (Lipinski definition) is 1. The molecule has 0 radical (unpaired) electrons. The minimum absolute atomic E-state index is 0. The van der Waals surface area contributed by atoms with E-state index in [9.17, 15) is 14.7 Å². The van der Waals surface area contributed by atoms with E-state index in [2.05, 4.69) is 10.3 Å². The maximum atomic E-state index is 12.1. The van der Waals surface area contributed by atoms with Crippen LogP contribution in [-0.2, 0) is 9.59 Å². The first-order valence-electron chi connectivity index (χ1n) is 7.48. The first kappa shape index (κ1) is 18.7. The van der Waals surface area contributed by atoms with Crippen LogP contribution in [0.3, 0.4) is 0 Å². The molecule has 120 valence electrons. The number of nitrogens with zero attached hydrogens (tertiary/aromatic N) is 1. The Morgan fingerprint density at radius 2 is 2.08 bits per heavy atom. The second kappa shape index (κ2) is 7.51. The number of ether oxygens (including phenoxy) is 1. The molecule has 1 amide bonds. The quantitative estimate of drug-likeness (QED) is 0.671. The molecule has 0 spiro atoms. The number of amides is 1. The summed E-state index contributed by atoms with van der Waals surface area (Å²) >= 11 is 0. The Kier molecular flexibility index (Phi) is 5.85. The number of nitrogens with one attached hydrogen (secondary N) is 1. The monoisotopic (exact) mass is 336 g/mol. The Labute approximate surface area is 161 Å². The molecule has 3 rings (SSSR count). The summed E-state index contributed by atoms with van der Waals surface area (Å²) < 4.78 is 5.19. The molecule has 1 heterocycles. The number of pyridine rings is 1. The normalized spacial score (nSPS) is 15.0. The fourth-order valence-corrected chi connectivity index (χ4v) is 2.96. The molecule has 7 heteroatoms. The van der Waals surface area contributed by atoms with E-state index in [1.165, 1.54) is 0 Å². The average Bonchev–Trinajstić information content (AvgIpc) is 2.49. The number of fused-ring (bicyclic) bond motifs is 1. The summed E-state index contributed by atoms with van der Waals surface area (Å²) in [5.74, 6) is -0.923. The maximum Gasteiger partial charge on any atom is 1.00 e. The molecule has 0 saturated heterocycles. The van der Waals surface area contributed by atoms with Gasteiger partial charge in [-0.3, -0.25) is 4.79 Å². The summed E-state index contributed by atoms with van der Waals surface area (Å²) in [5.41, 5.74) is -0.378. The zero-order chi connectivity index (χ0) is 16.4. The van der Waals surface area contributed by atoms with Crippen LogP contribution >= 0.6 is 0 Å². The molecule has 2 aromatic rings. The van der Waals surface area contributed by atoms with Crippen LogP contribution in [0.5, 0.6) is 5.88 Å². The summed E-state index contributed by atoms with van der Waals surface area (Å²) in [4.78, 5) is 27.5. The zero-order valence-corrected chi connectivity index (χ0v) is 15.8. The van der Waals surface area contributed by atoms with Crippen LogP contribution < -0.4 is 44.7 Å². The Balaban J connectivity index is 0.00000208. The van der Waals surface area contributed by atoms with E-state index in [-0.39, 0.29) is 41.9 Å². The van der Waals surface area contributed by atoms with Crippen molar-refractivity contribution in [3.8, 4) is 5.88 Å². The molecule has 1 N–H and O–H groups in total. The Bertz CT molecular complexity index is 774. The van der Waals surface area contributed by atoms with Crippen LogP contribution in [-0.4, -0.2) is 24.0 Å². The Morgan fingerprint density at radius 1 is 1.33 bits per heavy atom. The van der Waals surface area contributed by atoms with E-state index >= 15 is 0 Å². The molecule has 1 aliphatic carbocycles. The third-order valence-corrected chi connectivity index (χ3v) is 4.45. The number of benzene rings is 1. The number of carboxylic acids is 1. The van der Waals surface area contributed by atoms with Crippen molar-refractivity contribution in [2.45, 2.75) is 25.7 Å². The van der Waals surface area contributed by atoms with Crippen molar-refractivity contribution in [2.75, 3.05) is 12.4 Å². The van der Waals surface area contributed by atoms with Crippen molar-refractivity contribution >= 4 is 28.3 Å². The molecule has 0 bridgehead atoms. The molecule has 6 nitrogen and oxygen atoms in total. The van der Waals surface area contributed by atoms with E-state index in [0.29, 0.717) is 24.4 Å². The van der Waals surface area contributed by atoms with Gasteiger partial charge in [0.15, 0.2) is 0 Å². The van der Waals surface area contributed by atoms with Gasteiger partial charge >= 0.3 is 29.6 Å². The number of aliphatic carboxylic acids is 1. The van der Waals surface area contributed by atoms with Crippen LogP contribution in [0.4, 0.5) is 5.69 Å². The Morgan fingerprint density at radius 3 is 2.67 bits per heavy atom. The molecule has 1 saturated carbocycles. The smallest absolute Gasteiger partial charge is 0.550 e. The van der Waals surface area contributed by atoms with E-state index < -0.39 is 11.4 Å². The van der Waals surface area contributed by atoms with Crippen LogP contribution in [0.15, 0.2) is 30.5 Å². The first-order valence-corrected chi connectivity index (χ1v) is 7.48. The largest absolute Gasteiger partial charge is 1.00 e. The van der Waals surface area contributed by atoms with Gasteiger partial charge in [-0.15, -0.1) is 0 Å². The minimum atomic E-state index is -1.13. The summed E-state index contributed by atoms with van der Waals surface area (Å²) in [6, 6.07) is 7.19. The van der Waals surface area contributed by atoms with Crippen LogP contribution in [0.25, 0.3) is 10.8 Å². The van der Waals surface area contributed by atoms with E-state index in [1.807, 2.05) is 18.2 Å². The second-order valence-corrected chi connectivity index (χ2v) is 5.90. The molecule has 0 unspecified atom stereocenters. The van der Waals surface area contributed by atoms with Crippen molar-refractivity contribution in [3.05, 3.63) is 30.5 Å². The van der Waals surface area contributed by atoms with Crippen LogP contribution in [0.1, 0.15) is 25.7 Å². The summed E-state index contributed by atoms with van der Waals surface area (Å²) in [6.45, 7) is 0. The summed E-state index contributed by atoms with van der Waals surface area (Å²) in [5, 5.41) is 15.7. The summed E-state index contributed by atoms with van der Waals surface area (Å²) in [6.07, 6.45) is 3.41. The fourth-order valence-electron chi connectivity index (χ4n) is 2.96. The molecule has 24 heavy (non-hydrogen) atoms. The first-order chi connectivity index (χ1) is 11.0. The van der Waals surface area contributed by atoms with E-state index in [0.717, 1.165) is 17.2 Å². The van der Waals surface area contributed by atoms with E-state index in [1.54, 1.807) is 19.4 Å². The van der Waals surface area contributed by atoms with Gasteiger partial charge < -0.3 is 20.0 Å². The zero-order valence-electron chi connectivity index (χ0n) is 13.8. The van der Waals surface area contributed by atoms with Gasteiger partial charge in [0, 0.05) is 35.1 Å².